The number of epoxide rings is 1. The molecule has 2 N–H and O–H groups in total. The highest BCUT2D eigenvalue weighted by Gasteiger charge is 2.53. The third-order valence-corrected chi connectivity index (χ3v) is 7.95. The number of rotatable bonds is 3. The average Bonchev–Trinajstić information content (AvgIpc) is 3.47. The summed E-state index contributed by atoms with van der Waals surface area (Å²) >= 11 is 0. The van der Waals surface area contributed by atoms with Crippen LogP contribution in [0.15, 0.2) is 30.2 Å². The van der Waals surface area contributed by atoms with Gasteiger partial charge in [-0.3, -0.25) is 14.6 Å². The molecule has 2 aliphatic heterocycles. The number of fused-ring (bicyclic) bond motifs is 1. The van der Waals surface area contributed by atoms with E-state index in [-0.39, 0.29) is 24.2 Å². The molecule has 3 rings (SSSR count). The first kappa shape index (κ1) is 28.4. The summed E-state index contributed by atoms with van der Waals surface area (Å²) in [5.41, 5.74) is -1.38. The Balaban J connectivity index is 1.87. The van der Waals surface area contributed by atoms with E-state index in [0.717, 1.165) is 6.42 Å². The van der Waals surface area contributed by atoms with E-state index in [0.29, 0.717) is 25.0 Å². The van der Waals surface area contributed by atoms with Crippen LogP contribution in [0.5, 0.6) is 0 Å². The number of pyridine rings is 1. The first-order valence-corrected chi connectivity index (χ1v) is 12.9. The molecule has 8 heteroatoms. The van der Waals surface area contributed by atoms with Gasteiger partial charge in [-0.15, -0.1) is 0 Å². The number of nitrogens with zero attached hydrogens (tertiary/aromatic N) is 1. The Labute approximate surface area is 213 Å². The minimum atomic E-state index is -1.35. The highest BCUT2D eigenvalue weighted by atomic mass is 19.1. The molecule has 0 spiro atoms. The van der Waals surface area contributed by atoms with Crippen molar-refractivity contribution in [1.82, 2.24) is 4.98 Å². The molecule has 0 aliphatic carbocycles. The molecule has 7 nitrogen and oxygen atoms in total. The van der Waals surface area contributed by atoms with Crippen molar-refractivity contribution in [2.24, 2.45) is 17.3 Å². The molecule has 2 saturated heterocycles. The molecule has 0 aromatic carbocycles. The first-order valence-electron chi connectivity index (χ1n) is 12.9. The van der Waals surface area contributed by atoms with Gasteiger partial charge >= 0.3 is 5.97 Å². The zero-order valence-electron chi connectivity index (χ0n) is 21.9. The van der Waals surface area contributed by atoms with Crippen molar-refractivity contribution >= 4 is 17.8 Å². The number of hydrogen-bond donors (Lipinski definition) is 2. The van der Waals surface area contributed by atoms with Crippen LogP contribution in [0.3, 0.4) is 0 Å². The molecule has 36 heavy (non-hydrogen) atoms. The lowest BCUT2D eigenvalue weighted by Crippen LogP contribution is -2.46. The van der Waals surface area contributed by atoms with E-state index in [4.69, 9.17) is 9.47 Å². The summed E-state index contributed by atoms with van der Waals surface area (Å²) in [6.45, 7) is 8.84. The number of aliphatic hydroxyl groups is 2. The first-order chi connectivity index (χ1) is 16.9. The molecule has 0 amide bonds. The molecule has 1 aromatic rings. The van der Waals surface area contributed by atoms with Gasteiger partial charge < -0.3 is 19.7 Å². The van der Waals surface area contributed by atoms with Gasteiger partial charge in [-0.05, 0) is 50.3 Å². The largest absolute Gasteiger partial charge is 0.455 e. The SMILES string of the molecule is CCC1C(=O)C(C)(C)C(O)CC(=O)OC(C(F)=Cc2ccccn2)CC2OC2(C)CCCC(C)C1O. The van der Waals surface area contributed by atoms with E-state index >= 15 is 4.39 Å². The number of hydrogen-bond acceptors (Lipinski definition) is 7. The van der Waals surface area contributed by atoms with Crippen molar-refractivity contribution in [3.8, 4) is 0 Å². The van der Waals surface area contributed by atoms with E-state index in [1.54, 1.807) is 38.2 Å². The third-order valence-electron chi connectivity index (χ3n) is 7.95. The van der Waals surface area contributed by atoms with Crippen LogP contribution in [0.4, 0.5) is 4.39 Å². The van der Waals surface area contributed by atoms with Gasteiger partial charge in [0.25, 0.3) is 0 Å². The van der Waals surface area contributed by atoms with Crippen LogP contribution in [-0.2, 0) is 19.1 Å². The quantitative estimate of drug-likeness (QED) is 0.463. The number of Topliss-reactive ketones (excluding diaryl/α,β-unsaturated/α-hetero) is 1. The second-order valence-electron chi connectivity index (χ2n) is 11.1. The summed E-state index contributed by atoms with van der Waals surface area (Å²) in [5.74, 6) is -2.56. The summed E-state index contributed by atoms with van der Waals surface area (Å²) in [7, 11) is 0. The molecule has 7 unspecified atom stereocenters. The van der Waals surface area contributed by atoms with Crippen LogP contribution in [0.2, 0.25) is 0 Å². The maximum atomic E-state index is 15.3. The Morgan fingerprint density at radius 1 is 1.25 bits per heavy atom. The van der Waals surface area contributed by atoms with Crippen molar-refractivity contribution in [2.45, 2.75) is 103 Å². The van der Waals surface area contributed by atoms with Gasteiger partial charge in [-0.2, -0.15) is 0 Å². The van der Waals surface area contributed by atoms with Crippen LogP contribution in [0.1, 0.15) is 78.8 Å². The van der Waals surface area contributed by atoms with Crippen LogP contribution < -0.4 is 0 Å². The maximum absolute atomic E-state index is 15.3. The van der Waals surface area contributed by atoms with Crippen LogP contribution >= 0.6 is 0 Å². The van der Waals surface area contributed by atoms with Gasteiger partial charge in [0.2, 0.25) is 0 Å². The minimum Gasteiger partial charge on any atom is -0.455 e. The lowest BCUT2D eigenvalue weighted by Gasteiger charge is -2.35. The molecule has 2 fully saturated rings. The Hall–Kier alpha value is -2.16. The number of aliphatic hydroxyl groups excluding tert-OH is 2. The normalized spacial score (nSPS) is 36.6. The van der Waals surface area contributed by atoms with Crippen LogP contribution in [0, 0.1) is 17.3 Å². The number of aromatic nitrogens is 1. The molecular formula is C28H40FNO6. The molecule has 1 aromatic heterocycles. The average molecular weight is 506 g/mol. The number of carbonyl (C=O) groups is 2. The van der Waals surface area contributed by atoms with Gasteiger partial charge in [0.1, 0.15) is 11.6 Å². The Morgan fingerprint density at radius 2 is 1.97 bits per heavy atom. The fourth-order valence-corrected chi connectivity index (χ4v) is 5.10. The van der Waals surface area contributed by atoms with E-state index in [9.17, 15) is 19.8 Å². The van der Waals surface area contributed by atoms with E-state index < -0.39 is 53.5 Å². The standard InChI is InChI=1S/C28H40FNO6/c1-6-19-25(33)17(2)10-9-12-28(5)23(36-28)15-21(20(29)14-18-11-7-8-13-30-18)35-24(32)16-22(31)27(3,4)26(19)34/h7-8,11,13-14,17,19,21-23,25,31,33H,6,9-10,12,15-16H2,1-5H3. The van der Waals surface area contributed by atoms with Crippen molar-refractivity contribution in [3.63, 3.8) is 0 Å². The Bertz CT molecular complexity index is 951. The summed E-state index contributed by atoms with van der Waals surface area (Å²) in [6.07, 6.45) is 1.31. The van der Waals surface area contributed by atoms with Gasteiger partial charge in [-0.1, -0.05) is 40.2 Å². The number of carbonyl (C=O) groups excluding carboxylic acids is 2. The van der Waals surface area contributed by atoms with Crippen molar-refractivity contribution in [3.05, 3.63) is 35.9 Å². The molecule has 200 valence electrons. The van der Waals surface area contributed by atoms with Gasteiger partial charge in [-0.25, -0.2) is 4.39 Å². The second kappa shape index (κ2) is 11.5. The monoisotopic (exact) mass is 505 g/mol. The predicted molar refractivity (Wildman–Crippen MR) is 133 cm³/mol. The fourth-order valence-electron chi connectivity index (χ4n) is 5.10. The van der Waals surface area contributed by atoms with Crippen molar-refractivity contribution in [2.75, 3.05) is 0 Å². The van der Waals surface area contributed by atoms with Crippen molar-refractivity contribution < 1.29 is 33.7 Å². The zero-order chi connectivity index (χ0) is 26.7. The number of halogens is 1. The van der Waals surface area contributed by atoms with Gasteiger partial charge in [0.15, 0.2) is 6.10 Å². The lowest BCUT2D eigenvalue weighted by molar-refractivity contribution is -0.155. The lowest BCUT2D eigenvalue weighted by atomic mass is 9.71. The molecular weight excluding hydrogens is 465 g/mol. The van der Waals surface area contributed by atoms with Gasteiger partial charge in [0.05, 0.1) is 41.4 Å². The second-order valence-corrected chi connectivity index (χ2v) is 11.1. The van der Waals surface area contributed by atoms with Crippen LogP contribution in [-0.4, -0.2) is 57.0 Å². The van der Waals surface area contributed by atoms with Crippen LogP contribution in [0.25, 0.3) is 6.08 Å². The van der Waals surface area contributed by atoms with Crippen molar-refractivity contribution in [1.29, 1.82) is 0 Å². The summed E-state index contributed by atoms with van der Waals surface area (Å²) in [5, 5.41) is 21.8. The van der Waals surface area contributed by atoms with E-state index in [2.05, 4.69) is 4.98 Å². The highest BCUT2D eigenvalue weighted by Crippen LogP contribution is 2.45. The maximum Gasteiger partial charge on any atom is 0.309 e. The molecule has 0 bridgehead atoms. The molecule has 2 aliphatic rings. The molecule has 0 saturated carbocycles. The smallest absolute Gasteiger partial charge is 0.309 e. The number of ether oxygens (including phenoxy) is 2. The molecule has 3 heterocycles. The fraction of sp³-hybridized carbons (Fsp3) is 0.679. The molecule has 7 atom stereocenters. The topological polar surface area (TPSA) is 109 Å². The van der Waals surface area contributed by atoms with Gasteiger partial charge in [0, 0.05) is 18.5 Å². The predicted octanol–water partition coefficient (Wildman–Crippen LogP) is 4.40. The third kappa shape index (κ3) is 6.58. The van der Waals surface area contributed by atoms with E-state index in [1.807, 2.05) is 20.8 Å². The Morgan fingerprint density at radius 3 is 2.61 bits per heavy atom. The zero-order valence-corrected chi connectivity index (χ0v) is 21.9. The Kier molecular flexibility index (Phi) is 9.06. The summed E-state index contributed by atoms with van der Waals surface area (Å²) in [4.78, 5) is 30.3. The number of cyclic esters (lactones) is 1. The minimum absolute atomic E-state index is 0.128. The molecule has 0 radical (unpaired) electrons. The van der Waals surface area contributed by atoms with E-state index in [1.165, 1.54) is 6.08 Å². The summed E-state index contributed by atoms with van der Waals surface area (Å²) in [6, 6.07) is 5.10. The number of ketones is 1. The highest BCUT2D eigenvalue weighted by molar-refractivity contribution is 5.88. The number of esters is 1. The summed E-state index contributed by atoms with van der Waals surface area (Å²) < 4.78 is 26.7.